The molecule has 0 bridgehead atoms. The van der Waals surface area contributed by atoms with Gasteiger partial charge in [-0.3, -0.25) is 4.79 Å². The van der Waals surface area contributed by atoms with E-state index in [1.807, 2.05) is 22.4 Å². The van der Waals surface area contributed by atoms with Crippen molar-refractivity contribution in [2.45, 2.75) is 13.3 Å². The zero-order valence-electron chi connectivity index (χ0n) is 13.6. The normalized spacial score (nSPS) is 15.2. The fraction of sp³-hybridized carbons (Fsp3) is 0.333. The number of aromatic nitrogens is 1. The first-order valence-corrected chi connectivity index (χ1v) is 9.91. The summed E-state index contributed by atoms with van der Waals surface area (Å²) in [6.07, 6.45) is 1.05. The number of anilines is 1. The number of aryl methyl sites for hydroxylation is 1. The van der Waals surface area contributed by atoms with E-state index in [0.717, 1.165) is 48.1 Å². The number of rotatable bonds is 3. The number of carbonyl (C=O) groups is 1. The Morgan fingerprint density at radius 2 is 2.04 bits per heavy atom. The zero-order chi connectivity index (χ0) is 16.5. The third-order valence-corrected chi connectivity index (χ3v) is 6.36. The molecule has 3 heterocycles. The number of piperazine rings is 1. The van der Waals surface area contributed by atoms with Gasteiger partial charge in [-0.15, -0.1) is 11.3 Å². The topological polar surface area (TPSA) is 36.4 Å². The van der Waals surface area contributed by atoms with Crippen LogP contribution in [0.5, 0.6) is 0 Å². The van der Waals surface area contributed by atoms with Crippen LogP contribution in [0.3, 0.4) is 0 Å². The molecule has 3 aromatic rings. The number of carbonyl (C=O) groups excluding carboxylic acids is 1. The summed E-state index contributed by atoms with van der Waals surface area (Å²) < 4.78 is 1.25. The standard InChI is InChI=1S/C18H19N3OS2/c1-2-13-5-6-14-16(12-13)24-18(19-14)21-9-7-20(8-10-21)17(22)15-4-3-11-23-15/h3-6,11-12H,2,7-10H2,1H3. The summed E-state index contributed by atoms with van der Waals surface area (Å²) in [6, 6.07) is 10.3. The van der Waals surface area contributed by atoms with E-state index in [9.17, 15) is 4.79 Å². The number of nitrogens with zero attached hydrogens (tertiary/aromatic N) is 3. The molecule has 6 heteroatoms. The van der Waals surface area contributed by atoms with Crippen molar-refractivity contribution in [2.24, 2.45) is 0 Å². The third kappa shape index (κ3) is 2.91. The SMILES string of the molecule is CCc1ccc2nc(N3CCN(C(=O)c4cccs4)CC3)sc2c1. The number of thiophene rings is 1. The summed E-state index contributed by atoms with van der Waals surface area (Å²) >= 11 is 3.27. The van der Waals surface area contributed by atoms with Gasteiger partial charge in [0.15, 0.2) is 5.13 Å². The van der Waals surface area contributed by atoms with Gasteiger partial charge < -0.3 is 9.80 Å². The number of amides is 1. The Labute approximate surface area is 149 Å². The fourth-order valence-corrected chi connectivity index (χ4v) is 4.74. The molecule has 0 spiro atoms. The number of hydrogen-bond donors (Lipinski definition) is 0. The molecule has 0 radical (unpaired) electrons. The first-order chi connectivity index (χ1) is 11.7. The summed E-state index contributed by atoms with van der Waals surface area (Å²) in [5.74, 6) is 0.154. The number of fused-ring (bicyclic) bond motifs is 1. The Balaban J connectivity index is 1.46. The second kappa shape index (κ2) is 6.53. The second-order valence-electron chi connectivity index (χ2n) is 5.91. The summed E-state index contributed by atoms with van der Waals surface area (Å²) in [5, 5.41) is 3.02. The van der Waals surface area contributed by atoms with Crippen LogP contribution < -0.4 is 4.90 Å². The monoisotopic (exact) mass is 357 g/mol. The van der Waals surface area contributed by atoms with Crippen LogP contribution in [0.1, 0.15) is 22.2 Å². The van der Waals surface area contributed by atoms with E-state index in [4.69, 9.17) is 4.98 Å². The molecule has 24 heavy (non-hydrogen) atoms. The summed E-state index contributed by atoms with van der Waals surface area (Å²) in [6.45, 7) is 5.38. The van der Waals surface area contributed by atoms with Crippen molar-refractivity contribution in [3.63, 3.8) is 0 Å². The van der Waals surface area contributed by atoms with Gasteiger partial charge in [0.1, 0.15) is 0 Å². The van der Waals surface area contributed by atoms with E-state index in [1.165, 1.54) is 21.6 Å². The molecular weight excluding hydrogens is 338 g/mol. The molecule has 1 fully saturated rings. The lowest BCUT2D eigenvalue weighted by molar-refractivity contribution is 0.0751. The highest BCUT2D eigenvalue weighted by Crippen LogP contribution is 2.30. The van der Waals surface area contributed by atoms with Crippen molar-refractivity contribution in [3.05, 3.63) is 46.2 Å². The summed E-state index contributed by atoms with van der Waals surface area (Å²) in [7, 11) is 0. The average molecular weight is 358 g/mol. The van der Waals surface area contributed by atoms with Gasteiger partial charge in [0.2, 0.25) is 0 Å². The van der Waals surface area contributed by atoms with Crippen LogP contribution in [0.2, 0.25) is 0 Å². The first kappa shape index (κ1) is 15.6. The van der Waals surface area contributed by atoms with Crippen LogP contribution in [0.4, 0.5) is 5.13 Å². The summed E-state index contributed by atoms with van der Waals surface area (Å²) in [5.41, 5.74) is 2.42. The Bertz CT molecular complexity index is 848. The Hall–Kier alpha value is -1.92. The van der Waals surface area contributed by atoms with Gasteiger partial charge in [-0.25, -0.2) is 4.98 Å². The van der Waals surface area contributed by atoms with Gasteiger partial charge in [0, 0.05) is 26.2 Å². The minimum absolute atomic E-state index is 0.154. The van der Waals surface area contributed by atoms with Crippen molar-refractivity contribution >= 4 is 43.9 Å². The zero-order valence-corrected chi connectivity index (χ0v) is 15.2. The van der Waals surface area contributed by atoms with Gasteiger partial charge in [0.25, 0.3) is 5.91 Å². The number of benzene rings is 1. The molecule has 1 aliphatic heterocycles. The highest BCUT2D eigenvalue weighted by atomic mass is 32.1. The molecule has 0 unspecified atom stereocenters. The van der Waals surface area contributed by atoms with Crippen molar-refractivity contribution in [1.29, 1.82) is 0 Å². The van der Waals surface area contributed by atoms with Crippen LogP contribution in [-0.2, 0) is 6.42 Å². The van der Waals surface area contributed by atoms with Crippen molar-refractivity contribution in [3.8, 4) is 0 Å². The van der Waals surface area contributed by atoms with Gasteiger partial charge in [-0.1, -0.05) is 30.4 Å². The molecule has 1 amide bonds. The Kier molecular flexibility index (Phi) is 4.24. The third-order valence-electron chi connectivity index (χ3n) is 4.42. The largest absolute Gasteiger partial charge is 0.345 e. The molecule has 0 aliphatic carbocycles. The molecule has 0 saturated carbocycles. The Morgan fingerprint density at radius 1 is 1.21 bits per heavy atom. The van der Waals surface area contributed by atoms with Crippen LogP contribution in [0, 0.1) is 0 Å². The van der Waals surface area contributed by atoms with Crippen molar-refractivity contribution < 1.29 is 4.79 Å². The minimum Gasteiger partial charge on any atom is -0.345 e. The van der Waals surface area contributed by atoms with Crippen LogP contribution in [0.25, 0.3) is 10.2 Å². The van der Waals surface area contributed by atoms with Gasteiger partial charge >= 0.3 is 0 Å². The van der Waals surface area contributed by atoms with Gasteiger partial charge in [-0.2, -0.15) is 0 Å². The van der Waals surface area contributed by atoms with Gasteiger partial charge in [-0.05, 0) is 35.6 Å². The highest BCUT2D eigenvalue weighted by Gasteiger charge is 2.24. The lowest BCUT2D eigenvalue weighted by Gasteiger charge is -2.34. The maximum Gasteiger partial charge on any atom is 0.264 e. The molecule has 1 aromatic carbocycles. The summed E-state index contributed by atoms with van der Waals surface area (Å²) in [4.78, 5) is 22.3. The molecule has 0 atom stereocenters. The average Bonchev–Trinajstić information content (AvgIpc) is 3.30. The molecule has 0 N–H and O–H groups in total. The molecule has 1 saturated heterocycles. The van der Waals surface area contributed by atoms with Crippen LogP contribution in [0.15, 0.2) is 35.7 Å². The quantitative estimate of drug-likeness (QED) is 0.714. The van der Waals surface area contributed by atoms with Crippen LogP contribution in [-0.4, -0.2) is 42.0 Å². The molecule has 124 valence electrons. The molecule has 1 aliphatic rings. The van der Waals surface area contributed by atoms with E-state index in [1.54, 1.807) is 11.3 Å². The van der Waals surface area contributed by atoms with E-state index in [-0.39, 0.29) is 5.91 Å². The van der Waals surface area contributed by atoms with E-state index < -0.39 is 0 Å². The lowest BCUT2D eigenvalue weighted by atomic mass is 10.2. The van der Waals surface area contributed by atoms with Crippen LogP contribution >= 0.6 is 22.7 Å². The predicted molar refractivity (Wildman–Crippen MR) is 101 cm³/mol. The fourth-order valence-electron chi connectivity index (χ4n) is 2.97. The Morgan fingerprint density at radius 3 is 2.75 bits per heavy atom. The second-order valence-corrected chi connectivity index (χ2v) is 7.87. The van der Waals surface area contributed by atoms with Crippen molar-refractivity contribution in [1.82, 2.24) is 9.88 Å². The maximum atomic E-state index is 12.4. The first-order valence-electron chi connectivity index (χ1n) is 8.22. The van der Waals surface area contributed by atoms with E-state index >= 15 is 0 Å². The minimum atomic E-state index is 0.154. The molecular formula is C18H19N3OS2. The van der Waals surface area contributed by atoms with E-state index in [2.05, 4.69) is 30.0 Å². The predicted octanol–water partition coefficient (Wildman–Crippen LogP) is 3.88. The van der Waals surface area contributed by atoms with Crippen molar-refractivity contribution in [2.75, 3.05) is 31.1 Å². The maximum absolute atomic E-state index is 12.4. The van der Waals surface area contributed by atoms with E-state index in [0.29, 0.717) is 0 Å². The smallest absolute Gasteiger partial charge is 0.264 e. The molecule has 4 rings (SSSR count). The molecule has 4 nitrogen and oxygen atoms in total. The number of hydrogen-bond acceptors (Lipinski definition) is 5. The van der Waals surface area contributed by atoms with Gasteiger partial charge in [0.05, 0.1) is 15.1 Å². The lowest BCUT2D eigenvalue weighted by Crippen LogP contribution is -2.48. The number of thiazole rings is 1. The highest BCUT2D eigenvalue weighted by molar-refractivity contribution is 7.22. The molecule has 2 aromatic heterocycles.